The standard InChI is InChI=1S/C21H24FN3O6S3/c1-2-31-12-11-25-18-10-9-17(34(23,29)30)14-19(18)32-21(25)24-20(26)4-3-13-33(27,28)16-7-5-15(22)6-8-16/h5-10,14H,2-4,11-13H2,1H3,(H2,23,29,30). The number of nitrogens with two attached hydrogens (primary N) is 1. The first-order valence-corrected chi connectivity index (χ1v) is 14.3. The van der Waals surface area contributed by atoms with E-state index in [4.69, 9.17) is 9.88 Å². The maximum atomic E-state index is 13.0. The minimum atomic E-state index is -3.90. The number of amides is 1. The second kappa shape index (κ2) is 10.9. The summed E-state index contributed by atoms with van der Waals surface area (Å²) in [6.07, 6.45) is -0.0655. The Kier molecular flexibility index (Phi) is 8.36. The van der Waals surface area contributed by atoms with Crippen LogP contribution in [0.4, 0.5) is 4.39 Å². The van der Waals surface area contributed by atoms with Crippen LogP contribution in [0.5, 0.6) is 0 Å². The number of hydrogen-bond acceptors (Lipinski definition) is 7. The quantitative estimate of drug-likeness (QED) is 0.316. The molecule has 13 heteroatoms. The summed E-state index contributed by atoms with van der Waals surface area (Å²) in [5, 5.41) is 5.22. The van der Waals surface area contributed by atoms with Gasteiger partial charge in [-0.2, -0.15) is 4.99 Å². The monoisotopic (exact) mass is 529 g/mol. The zero-order valence-electron chi connectivity index (χ0n) is 18.3. The van der Waals surface area contributed by atoms with Gasteiger partial charge in [-0.3, -0.25) is 4.79 Å². The molecule has 2 N–H and O–H groups in total. The smallest absolute Gasteiger partial charge is 0.248 e. The van der Waals surface area contributed by atoms with Crippen LogP contribution in [0.2, 0.25) is 0 Å². The molecule has 3 rings (SSSR count). The van der Waals surface area contributed by atoms with Gasteiger partial charge in [0, 0.05) is 19.6 Å². The molecule has 0 radical (unpaired) electrons. The van der Waals surface area contributed by atoms with Crippen LogP contribution >= 0.6 is 11.3 Å². The topological polar surface area (TPSA) is 138 Å². The molecule has 0 aliphatic carbocycles. The maximum Gasteiger partial charge on any atom is 0.248 e. The zero-order chi connectivity index (χ0) is 24.9. The predicted octanol–water partition coefficient (Wildman–Crippen LogP) is 2.21. The van der Waals surface area contributed by atoms with Crippen molar-refractivity contribution in [2.24, 2.45) is 10.1 Å². The molecule has 0 fully saturated rings. The zero-order valence-corrected chi connectivity index (χ0v) is 20.8. The number of carbonyl (C=O) groups excluding carboxylic acids is 1. The van der Waals surface area contributed by atoms with Crippen LogP contribution in [0.3, 0.4) is 0 Å². The number of thiazole rings is 1. The highest BCUT2D eigenvalue weighted by molar-refractivity contribution is 7.91. The number of aromatic nitrogens is 1. The number of sulfone groups is 1. The fraction of sp³-hybridized carbons (Fsp3) is 0.333. The van der Waals surface area contributed by atoms with Crippen LogP contribution < -0.4 is 9.94 Å². The summed E-state index contributed by atoms with van der Waals surface area (Å²) in [5.41, 5.74) is 0.669. The van der Waals surface area contributed by atoms with Crippen LogP contribution in [0.25, 0.3) is 10.2 Å². The number of ether oxygens (including phenoxy) is 1. The highest BCUT2D eigenvalue weighted by Gasteiger charge is 2.16. The van der Waals surface area contributed by atoms with Crippen molar-refractivity contribution in [2.75, 3.05) is 19.0 Å². The van der Waals surface area contributed by atoms with Gasteiger partial charge in [0.1, 0.15) is 5.82 Å². The third-order valence-corrected chi connectivity index (χ3v) is 8.61. The molecule has 0 spiro atoms. The number of fused-ring (bicyclic) bond motifs is 1. The van der Waals surface area contributed by atoms with E-state index in [9.17, 15) is 26.0 Å². The summed E-state index contributed by atoms with van der Waals surface area (Å²) < 4.78 is 68.9. The molecule has 0 aliphatic rings. The first-order valence-electron chi connectivity index (χ1n) is 10.3. The number of nitrogens with zero attached hydrogens (tertiary/aromatic N) is 2. The van der Waals surface area contributed by atoms with Gasteiger partial charge in [0.25, 0.3) is 0 Å². The van der Waals surface area contributed by atoms with Gasteiger partial charge in [-0.15, -0.1) is 0 Å². The Morgan fingerprint density at radius 3 is 2.44 bits per heavy atom. The van der Waals surface area contributed by atoms with Crippen molar-refractivity contribution in [1.82, 2.24) is 4.57 Å². The van der Waals surface area contributed by atoms with E-state index >= 15 is 0 Å². The molecule has 0 unspecified atom stereocenters. The Labute approximate surface area is 200 Å². The number of sulfonamides is 1. The summed E-state index contributed by atoms with van der Waals surface area (Å²) in [6, 6.07) is 8.90. The second-order valence-corrected chi connectivity index (χ2v) is 12.0. The summed E-state index contributed by atoms with van der Waals surface area (Å²) in [5.74, 6) is -1.34. The van der Waals surface area contributed by atoms with Gasteiger partial charge in [-0.05, 0) is 55.8 Å². The summed E-state index contributed by atoms with van der Waals surface area (Å²) in [4.78, 5) is 16.9. The highest BCUT2D eigenvalue weighted by atomic mass is 32.2. The lowest BCUT2D eigenvalue weighted by Gasteiger charge is -2.06. The fourth-order valence-corrected chi connectivity index (χ4v) is 6.21. The first kappa shape index (κ1) is 26.2. The molecule has 3 aromatic rings. The Morgan fingerprint density at radius 1 is 1.12 bits per heavy atom. The summed E-state index contributed by atoms with van der Waals surface area (Å²) in [7, 11) is -7.55. The van der Waals surface area contributed by atoms with Crippen molar-refractivity contribution in [1.29, 1.82) is 0 Å². The normalized spacial score (nSPS) is 13.0. The molecule has 0 saturated carbocycles. The van der Waals surface area contributed by atoms with E-state index in [0.717, 1.165) is 23.5 Å². The van der Waals surface area contributed by atoms with E-state index in [1.807, 2.05) is 6.92 Å². The molecule has 0 bridgehead atoms. The third kappa shape index (κ3) is 6.57. The van der Waals surface area contributed by atoms with Gasteiger partial charge in [-0.1, -0.05) is 11.3 Å². The van der Waals surface area contributed by atoms with Gasteiger partial charge in [0.2, 0.25) is 15.9 Å². The van der Waals surface area contributed by atoms with E-state index in [-0.39, 0.29) is 28.4 Å². The lowest BCUT2D eigenvalue weighted by molar-refractivity contribution is -0.118. The Balaban J connectivity index is 1.82. The molecule has 0 saturated heterocycles. The fourth-order valence-electron chi connectivity index (χ4n) is 3.17. The van der Waals surface area contributed by atoms with Gasteiger partial charge in [0.05, 0.1) is 32.4 Å². The Bertz CT molecular complexity index is 1460. The second-order valence-electron chi connectivity index (χ2n) is 7.29. The van der Waals surface area contributed by atoms with Crippen molar-refractivity contribution >= 4 is 47.3 Å². The molecular formula is C21H24FN3O6S3. The molecule has 34 heavy (non-hydrogen) atoms. The van der Waals surface area contributed by atoms with Crippen molar-refractivity contribution in [3.63, 3.8) is 0 Å². The third-order valence-electron chi connectivity index (χ3n) is 4.84. The van der Waals surface area contributed by atoms with Gasteiger partial charge in [0.15, 0.2) is 14.6 Å². The van der Waals surface area contributed by atoms with E-state index in [2.05, 4.69) is 4.99 Å². The predicted molar refractivity (Wildman–Crippen MR) is 126 cm³/mol. The molecule has 2 aromatic carbocycles. The lowest BCUT2D eigenvalue weighted by Crippen LogP contribution is -2.20. The van der Waals surface area contributed by atoms with E-state index in [0.29, 0.717) is 34.8 Å². The van der Waals surface area contributed by atoms with Crippen LogP contribution in [-0.4, -0.2) is 46.3 Å². The molecule has 0 aliphatic heterocycles. The molecule has 1 aromatic heterocycles. The average Bonchev–Trinajstić information content (AvgIpc) is 3.09. The van der Waals surface area contributed by atoms with Crippen molar-refractivity contribution in [3.8, 4) is 0 Å². The molecular weight excluding hydrogens is 505 g/mol. The van der Waals surface area contributed by atoms with Crippen molar-refractivity contribution in [3.05, 3.63) is 53.1 Å². The Hall–Kier alpha value is -2.45. The largest absolute Gasteiger partial charge is 0.380 e. The van der Waals surface area contributed by atoms with E-state index in [1.54, 1.807) is 10.6 Å². The van der Waals surface area contributed by atoms with Crippen LogP contribution in [0.15, 0.2) is 57.2 Å². The molecule has 184 valence electrons. The minimum Gasteiger partial charge on any atom is -0.380 e. The Morgan fingerprint density at radius 2 is 1.79 bits per heavy atom. The van der Waals surface area contributed by atoms with Crippen molar-refractivity contribution < 1.29 is 30.8 Å². The SMILES string of the molecule is CCOCCn1c(=NC(=O)CCCS(=O)(=O)c2ccc(F)cc2)sc2cc(S(N)(=O)=O)ccc21. The molecule has 9 nitrogen and oxygen atoms in total. The summed E-state index contributed by atoms with van der Waals surface area (Å²) >= 11 is 1.12. The lowest BCUT2D eigenvalue weighted by atomic mass is 10.3. The number of primary sulfonamides is 1. The van der Waals surface area contributed by atoms with Crippen molar-refractivity contribution in [2.45, 2.75) is 36.1 Å². The number of benzene rings is 2. The highest BCUT2D eigenvalue weighted by Crippen LogP contribution is 2.21. The van der Waals surface area contributed by atoms with E-state index in [1.165, 1.54) is 24.3 Å². The van der Waals surface area contributed by atoms with Gasteiger partial charge >= 0.3 is 0 Å². The maximum absolute atomic E-state index is 13.0. The molecule has 0 atom stereocenters. The average molecular weight is 530 g/mol. The van der Waals surface area contributed by atoms with Gasteiger partial charge in [-0.25, -0.2) is 26.4 Å². The van der Waals surface area contributed by atoms with Crippen LogP contribution in [0.1, 0.15) is 19.8 Å². The minimum absolute atomic E-state index is 0.0118. The number of halogens is 1. The van der Waals surface area contributed by atoms with Crippen LogP contribution in [0, 0.1) is 5.82 Å². The summed E-state index contributed by atoms with van der Waals surface area (Å²) in [6.45, 7) is 3.10. The number of carbonyl (C=O) groups is 1. The van der Waals surface area contributed by atoms with Gasteiger partial charge < -0.3 is 9.30 Å². The molecule has 1 amide bonds. The molecule has 1 heterocycles. The first-order chi connectivity index (χ1) is 16.0. The van der Waals surface area contributed by atoms with Crippen LogP contribution in [-0.2, 0) is 35.9 Å². The number of hydrogen-bond donors (Lipinski definition) is 1. The number of rotatable bonds is 10. The van der Waals surface area contributed by atoms with E-state index < -0.39 is 31.6 Å².